The van der Waals surface area contributed by atoms with E-state index in [9.17, 15) is 0 Å². The quantitative estimate of drug-likeness (QED) is 0.744. The number of nitrogens with one attached hydrogen (secondary N) is 1. The van der Waals surface area contributed by atoms with Crippen molar-refractivity contribution in [1.29, 1.82) is 0 Å². The first kappa shape index (κ1) is 15.7. The van der Waals surface area contributed by atoms with Crippen LogP contribution in [-0.4, -0.2) is 34.8 Å². The third-order valence-electron chi connectivity index (χ3n) is 2.85. The van der Waals surface area contributed by atoms with Crippen LogP contribution in [0.3, 0.4) is 0 Å². The summed E-state index contributed by atoms with van der Waals surface area (Å²) in [5.41, 5.74) is 0. The first-order chi connectivity index (χ1) is 9.17. The van der Waals surface area contributed by atoms with Gasteiger partial charge in [-0.3, -0.25) is 0 Å². The Kier molecular flexibility index (Phi) is 7.15. The predicted molar refractivity (Wildman–Crippen MR) is 80.6 cm³/mol. The highest BCUT2D eigenvalue weighted by atomic mass is 15.3. The van der Waals surface area contributed by atoms with Gasteiger partial charge in [-0.15, -0.1) is 5.10 Å². The molecule has 108 valence electrons. The standard InChI is InChI=1S/C14H27N5/c1-5-9-19(10-6-2)14-17-13(11-16-18-14)15-8-7-12(3)4/h11-12H,5-10H2,1-4H3,(H,15,17,18). The van der Waals surface area contributed by atoms with Crippen LogP contribution in [0, 0.1) is 5.92 Å². The van der Waals surface area contributed by atoms with E-state index < -0.39 is 0 Å². The summed E-state index contributed by atoms with van der Waals surface area (Å²) in [6.07, 6.45) is 5.01. The summed E-state index contributed by atoms with van der Waals surface area (Å²) in [5.74, 6) is 2.25. The van der Waals surface area contributed by atoms with Crippen LogP contribution >= 0.6 is 0 Å². The molecule has 0 unspecified atom stereocenters. The minimum absolute atomic E-state index is 0.693. The Morgan fingerprint density at radius 1 is 1.21 bits per heavy atom. The van der Waals surface area contributed by atoms with Crippen molar-refractivity contribution in [2.75, 3.05) is 29.9 Å². The molecule has 0 amide bonds. The second-order valence-corrected chi connectivity index (χ2v) is 5.24. The van der Waals surface area contributed by atoms with Crippen molar-refractivity contribution >= 4 is 11.8 Å². The molecule has 0 bridgehead atoms. The highest BCUT2D eigenvalue weighted by Gasteiger charge is 2.09. The van der Waals surface area contributed by atoms with Crippen LogP contribution in [0.15, 0.2) is 6.20 Å². The van der Waals surface area contributed by atoms with E-state index in [0.717, 1.165) is 50.7 Å². The Labute approximate surface area is 116 Å². The van der Waals surface area contributed by atoms with E-state index in [4.69, 9.17) is 0 Å². The molecule has 1 rings (SSSR count). The van der Waals surface area contributed by atoms with Gasteiger partial charge < -0.3 is 10.2 Å². The molecule has 0 saturated carbocycles. The number of nitrogens with zero attached hydrogens (tertiary/aromatic N) is 4. The maximum atomic E-state index is 4.55. The van der Waals surface area contributed by atoms with Gasteiger partial charge in [0.15, 0.2) is 5.82 Å². The first-order valence-electron chi connectivity index (χ1n) is 7.35. The predicted octanol–water partition coefficient (Wildman–Crippen LogP) is 2.96. The van der Waals surface area contributed by atoms with Crippen LogP contribution in [0.4, 0.5) is 11.8 Å². The second-order valence-electron chi connectivity index (χ2n) is 5.24. The van der Waals surface area contributed by atoms with Gasteiger partial charge in [-0.05, 0) is 25.2 Å². The van der Waals surface area contributed by atoms with E-state index in [1.165, 1.54) is 0 Å². The largest absolute Gasteiger partial charge is 0.369 e. The molecule has 0 aliphatic rings. The van der Waals surface area contributed by atoms with E-state index in [1.54, 1.807) is 6.20 Å². The molecular weight excluding hydrogens is 238 g/mol. The zero-order chi connectivity index (χ0) is 14.1. The van der Waals surface area contributed by atoms with Crippen molar-refractivity contribution in [2.24, 2.45) is 5.92 Å². The summed E-state index contributed by atoms with van der Waals surface area (Å²) < 4.78 is 0. The summed E-state index contributed by atoms with van der Waals surface area (Å²) in [6, 6.07) is 0. The number of rotatable bonds is 9. The van der Waals surface area contributed by atoms with Gasteiger partial charge in [-0.25, -0.2) is 0 Å². The zero-order valence-corrected chi connectivity index (χ0v) is 12.7. The molecule has 1 aromatic heterocycles. The molecular formula is C14H27N5. The smallest absolute Gasteiger partial charge is 0.247 e. The summed E-state index contributed by atoms with van der Waals surface area (Å²) in [4.78, 5) is 6.74. The lowest BCUT2D eigenvalue weighted by Gasteiger charge is -2.21. The van der Waals surface area contributed by atoms with Gasteiger partial charge in [0.1, 0.15) is 0 Å². The van der Waals surface area contributed by atoms with E-state index in [2.05, 4.69) is 53.1 Å². The first-order valence-corrected chi connectivity index (χ1v) is 7.35. The molecule has 5 nitrogen and oxygen atoms in total. The molecule has 0 fully saturated rings. The molecule has 0 aromatic carbocycles. The normalized spacial score (nSPS) is 10.8. The lowest BCUT2D eigenvalue weighted by atomic mass is 10.1. The van der Waals surface area contributed by atoms with Crippen LogP contribution in [0.2, 0.25) is 0 Å². The van der Waals surface area contributed by atoms with Crippen LogP contribution < -0.4 is 10.2 Å². The molecule has 0 saturated heterocycles. The minimum Gasteiger partial charge on any atom is -0.369 e. The van der Waals surface area contributed by atoms with E-state index in [1.807, 2.05) is 0 Å². The van der Waals surface area contributed by atoms with E-state index in [0.29, 0.717) is 5.92 Å². The van der Waals surface area contributed by atoms with Crippen molar-refractivity contribution in [3.8, 4) is 0 Å². The lowest BCUT2D eigenvalue weighted by Crippen LogP contribution is -2.27. The lowest BCUT2D eigenvalue weighted by molar-refractivity contribution is 0.606. The average Bonchev–Trinajstić information content (AvgIpc) is 2.38. The molecule has 1 aromatic rings. The second kappa shape index (κ2) is 8.67. The Morgan fingerprint density at radius 3 is 2.47 bits per heavy atom. The van der Waals surface area contributed by atoms with Crippen molar-refractivity contribution in [3.05, 3.63) is 6.20 Å². The molecule has 1 N–H and O–H groups in total. The minimum atomic E-state index is 0.693. The molecule has 0 aliphatic heterocycles. The highest BCUT2D eigenvalue weighted by Crippen LogP contribution is 2.11. The van der Waals surface area contributed by atoms with Crippen molar-refractivity contribution in [3.63, 3.8) is 0 Å². The number of anilines is 2. The van der Waals surface area contributed by atoms with Crippen LogP contribution in [0.25, 0.3) is 0 Å². The summed E-state index contributed by atoms with van der Waals surface area (Å²) in [6.45, 7) is 11.7. The Morgan fingerprint density at radius 2 is 1.89 bits per heavy atom. The Balaban J connectivity index is 2.63. The zero-order valence-electron chi connectivity index (χ0n) is 12.7. The van der Waals surface area contributed by atoms with E-state index in [-0.39, 0.29) is 0 Å². The molecule has 5 heteroatoms. The van der Waals surface area contributed by atoms with Gasteiger partial charge in [0.2, 0.25) is 5.95 Å². The maximum Gasteiger partial charge on any atom is 0.247 e. The molecule has 0 atom stereocenters. The monoisotopic (exact) mass is 265 g/mol. The topological polar surface area (TPSA) is 53.9 Å². The van der Waals surface area contributed by atoms with Crippen molar-refractivity contribution < 1.29 is 0 Å². The van der Waals surface area contributed by atoms with Gasteiger partial charge in [0.25, 0.3) is 0 Å². The van der Waals surface area contributed by atoms with Gasteiger partial charge in [0.05, 0.1) is 6.20 Å². The summed E-state index contributed by atoms with van der Waals surface area (Å²) in [7, 11) is 0. The fraction of sp³-hybridized carbons (Fsp3) is 0.786. The average molecular weight is 265 g/mol. The van der Waals surface area contributed by atoms with Crippen molar-refractivity contribution in [1.82, 2.24) is 15.2 Å². The summed E-state index contributed by atoms with van der Waals surface area (Å²) >= 11 is 0. The van der Waals surface area contributed by atoms with Crippen LogP contribution in [0.5, 0.6) is 0 Å². The SMILES string of the molecule is CCCN(CCC)c1nncc(NCCC(C)C)n1. The molecule has 0 radical (unpaired) electrons. The highest BCUT2D eigenvalue weighted by molar-refractivity contribution is 5.38. The van der Waals surface area contributed by atoms with Gasteiger partial charge in [-0.2, -0.15) is 10.1 Å². The van der Waals surface area contributed by atoms with Gasteiger partial charge in [-0.1, -0.05) is 27.7 Å². The number of hydrogen-bond donors (Lipinski definition) is 1. The van der Waals surface area contributed by atoms with Gasteiger partial charge >= 0.3 is 0 Å². The van der Waals surface area contributed by atoms with Crippen molar-refractivity contribution in [2.45, 2.75) is 47.0 Å². The fourth-order valence-corrected chi connectivity index (χ4v) is 1.85. The molecule has 0 spiro atoms. The number of aromatic nitrogens is 3. The Bertz CT molecular complexity index is 347. The van der Waals surface area contributed by atoms with E-state index >= 15 is 0 Å². The van der Waals surface area contributed by atoms with Crippen LogP contribution in [-0.2, 0) is 0 Å². The molecule has 0 aliphatic carbocycles. The molecule has 1 heterocycles. The Hall–Kier alpha value is -1.39. The fourth-order valence-electron chi connectivity index (χ4n) is 1.85. The maximum absolute atomic E-state index is 4.55. The molecule has 19 heavy (non-hydrogen) atoms. The van der Waals surface area contributed by atoms with Gasteiger partial charge in [0, 0.05) is 19.6 Å². The van der Waals surface area contributed by atoms with Crippen LogP contribution in [0.1, 0.15) is 47.0 Å². The number of hydrogen-bond acceptors (Lipinski definition) is 5. The summed E-state index contributed by atoms with van der Waals surface area (Å²) in [5, 5.41) is 11.5. The third kappa shape index (κ3) is 5.85. The third-order valence-corrected chi connectivity index (χ3v) is 2.85.